The van der Waals surface area contributed by atoms with E-state index in [1.165, 1.54) is 23.5 Å². The largest absolute Gasteiger partial charge is 0.398 e. The molecular weight excluding hydrogens is 204 g/mol. The summed E-state index contributed by atoms with van der Waals surface area (Å²) in [4.78, 5) is 1.08. The number of aryl methyl sites for hydroxylation is 1. The maximum Gasteiger partial charge on any atom is 0.263 e. The third-order valence-corrected chi connectivity index (χ3v) is 3.06. The van der Waals surface area contributed by atoms with E-state index in [2.05, 4.69) is 0 Å². The molecule has 0 fully saturated rings. The van der Waals surface area contributed by atoms with Crippen molar-refractivity contribution in [2.24, 2.45) is 0 Å². The summed E-state index contributed by atoms with van der Waals surface area (Å²) in [6, 6.07) is 4.78. The first-order valence-electron chi connectivity index (χ1n) is 4.15. The fraction of sp³-hybridized carbons (Fsp3) is 0.200. The average Bonchev–Trinajstić information content (AvgIpc) is 2.45. The van der Waals surface area contributed by atoms with Crippen molar-refractivity contribution < 1.29 is 8.78 Å². The van der Waals surface area contributed by atoms with E-state index in [1.54, 1.807) is 0 Å². The van der Waals surface area contributed by atoms with E-state index >= 15 is 0 Å². The van der Waals surface area contributed by atoms with Crippen LogP contribution in [0.5, 0.6) is 0 Å². The van der Waals surface area contributed by atoms with Crippen LogP contribution in [0.3, 0.4) is 0 Å². The Morgan fingerprint density at radius 1 is 1.29 bits per heavy atom. The zero-order valence-corrected chi connectivity index (χ0v) is 8.37. The van der Waals surface area contributed by atoms with Gasteiger partial charge in [0.25, 0.3) is 6.43 Å². The van der Waals surface area contributed by atoms with Crippen LogP contribution in [0.15, 0.2) is 18.2 Å². The van der Waals surface area contributed by atoms with Crippen LogP contribution in [0, 0.1) is 6.92 Å². The highest BCUT2D eigenvalue weighted by atomic mass is 32.1. The topological polar surface area (TPSA) is 26.0 Å². The maximum atomic E-state index is 12.4. The SMILES string of the molecule is Cc1cc2c(N)cc(C(F)F)cc2s1. The van der Waals surface area contributed by atoms with Gasteiger partial charge >= 0.3 is 0 Å². The molecule has 0 unspecified atom stereocenters. The lowest BCUT2D eigenvalue weighted by Crippen LogP contribution is -1.89. The lowest BCUT2D eigenvalue weighted by atomic mass is 10.1. The molecule has 0 aliphatic carbocycles. The first kappa shape index (κ1) is 9.40. The van der Waals surface area contributed by atoms with Crippen molar-refractivity contribution in [3.63, 3.8) is 0 Å². The molecule has 0 spiro atoms. The molecule has 14 heavy (non-hydrogen) atoms. The normalized spacial score (nSPS) is 11.4. The molecule has 1 nitrogen and oxygen atoms in total. The van der Waals surface area contributed by atoms with Gasteiger partial charge < -0.3 is 5.73 Å². The van der Waals surface area contributed by atoms with E-state index in [0.717, 1.165) is 15.0 Å². The molecule has 0 saturated heterocycles. The van der Waals surface area contributed by atoms with Gasteiger partial charge in [-0.3, -0.25) is 0 Å². The molecule has 0 atom stereocenters. The second-order valence-corrected chi connectivity index (χ2v) is 4.47. The molecule has 2 rings (SSSR count). The summed E-state index contributed by atoms with van der Waals surface area (Å²) in [5, 5.41) is 0.872. The molecular formula is C10H9F2NS. The average molecular weight is 213 g/mol. The minimum atomic E-state index is -2.45. The molecule has 1 heterocycles. The Balaban J connectivity index is 2.71. The number of fused-ring (bicyclic) bond motifs is 1. The molecule has 1 aromatic carbocycles. The number of anilines is 1. The molecule has 0 radical (unpaired) electrons. The number of nitrogen functional groups attached to an aromatic ring is 1. The number of alkyl halides is 2. The van der Waals surface area contributed by atoms with E-state index in [4.69, 9.17) is 5.73 Å². The van der Waals surface area contributed by atoms with Gasteiger partial charge in [0, 0.05) is 26.2 Å². The van der Waals surface area contributed by atoms with Crippen LogP contribution >= 0.6 is 11.3 Å². The third-order valence-electron chi connectivity index (χ3n) is 2.07. The van der Waals surface area contributed by atoms with Crippen molar-refractivity contribution in [1.29, 1.82) is 0 Å². The molecule has 0 amide bonds. The molecule has 0 bridgehead atoms. The smallest absolute Gasteiger partial charge is 0.263 e. The van der Waals surface area contributed by atoms with Gasteiger partial charge in [-0.15, -0.1) is 11.3 Å². The Hall–Kier alpha value is -1.16. The Morgan fingerprint density at radius 3 is 2.64 bits per heavy atom. The van der Waals surface area contributed by atoms with Crippen LogP contribution in [-0.2, 0) is 0 Å². The third kappa shape index (κ3) is 1.46. The molecule has 2 aromatic rings. The van der Waals surface area contributed by atoms with E-state index in [-0.39, 0.29) is 5.56 Å². The van der Waals surface area contributed by atoms with Crippen molar-refractivity contribution in [3.05, 3.63) is 28.6 Å². The molecule has 0 aliphatic heterocycles. The second-order valence-electron chi connectivity index (χ2n) is 3.18. The Bertz CT molecular complexity index is 476. The predicted octanol–water partition coefficient (Wildman–Crippen LogP) is 3.73. The van der Waals surface area contributed by atoms with Gasteiger partial charge in [-0.25, -0.2) is 8.78 Å². The quantitative estimate of drug-likeness (QED) is 0.717. The van der Waals surface area contributed by atoms with Crippen LogP contribution in [-0.4, -0.2) is 0 Å². The molecule has 1 aromatic heterocycles. The van der Waals surface area contributed by atoms with E-state index in [1.807, 2.05) is 13.0 Å². The van der Waals surface area contributed by atoms with Crippen LogP contribution in [0.4, 0.5) is 14.5 Å². The minimum Gasteiger partial charge on any atom is -0.398 e. The maximum absolute atomic E-state index is 12.4. The number of nitrogens with two attached hydrogens (primary N) is 1. The van der Waals surface area contributed by atoms with E-state index in [9.17, 15) is 8.78 Å². The fourth-order valence-corrected chi connectivity index (χ4v) is 2.45. The Labute approximate surface area is 84.2 Å². The van der Waals surface area contributed by atoms with Crippen molar-refractivity contribution in [2.45, 2.75) is 13.3 Å². The van der Waals surface area contributed by atoms with Gasteiger partial charge in [-0.1, -0.05) is 0 Å². The predicted molar refractivity (Wildman–Crippen MR) is 55.9 cm³/mol. The number of halogens is 2. The van der Waals surface area contributed by atoms with Crippen LogP contribution in [0.2, 0.25) is 0 Å². The van der Waals surface area contributed by atoms with Gasteiger partial charge in [0.05, 0.1) is 0 Å². The monoisotopic (exact) mass is 213 g/mol. The number of benzene rings is 1. The van der Waals surface area contributed by atoms with E-state index < -0.39 is 6.43 Å². The standard InChI is InChI=1S/C10H9F2NS/c1-5-2-7-8(13)3-6(10(11)12)4-9(7)14-5/h2-4,10H,13H2,1H3. The highest BCUT2D eigenvalue weighted by Gasteiger charge is 2.11. The molecule has 0 aliphatic rings. The summed E-state index contributed by atoms with van der Waals surface area (Å²) in [7, 11) is 0. The van der Waals surface area contributed by atoms with Crippen molar-refractivity contribution in [2.75, 3.05) is 5.73 Å². The zero-order valence-electron chi connectivity index (χ0n) is 7.55. The number of hydrogen-bond acceptors (Lipinski definition) is 2. The van der Waals surface area contributed by atoms with Crippen molar-refractivity contribution in [1.82, 2.24) is 0 Å². The number of hydrogen-bond donors (Lipinski definition) is 1. The Kier molecular flexibility index (Phi) is 2.15. The minimum absolute atomic E-state index is 0.00292. The lowest BCUT2D eigenvalue weighted by molar-refractivity contribution is 0.151. The summed E-state index contributed by atoms with van der Waals surface area (Å²) in [6.07, 6.45) is -2.45. The zero-order chi connectivity index (χ0) is 10.3. The second kappa shape index (κ2) is 3.20. The Morgan fingerprint density at radius 2 is 2.00 bits per heavy atom. The molecule has 4 heteroatoms. The van der Waals surface area contributed by atoms with Crippen molar-refractivity contribution >= 4 is 27.1 Å². The fourth-order valence-electron chi connectivity index (χ4n) is 1.44. The van der Waals surface area contributed by atoms with Crippen LogP contribution in [0.25, 0.3) is 10.1 Å². The summed E-state index contributed by atoms with van der Waals surface area (Å²) in [5.74, 6) is 0. The van der Waals surface area contributed by atoms with Gasteiger partial charge in [0.2, 0.25) is 0 Å². The highest BCUT2D eigenvalue weighted by Crippen LogP contribution is 2.33. The molecule has 74 valence electrons. The summed E-state index contributed by atoms with van der Waals surface area (Å²) < 4.78 is 25.7. The van der Waals surface area contributed by atoms with Crippen molar-refractivity contribution in [3.8, 4) is 0 Å². The molecule has 0 saturated carbocycles. The number of thiophene rings is 1. The lowest BCUT2D eigenvalue weighted by Gasteiger charge is -2.02. The first-order valence-corrected chi connectivity index (χ1v) is 4.97. The first-order chi connectivity index (χ1) is 6.58. The number of rotatable bonds is 1. The molecule has 2 N–H and O–H groups in total. The summed E-state index contributed by atoms with van der Waals surface area (Å²) in [5.41, 5.74) is 6.11. The van der Waals surface area contributed by atoms with Crippen LogP contribution in [0.1, 0.15) is 16.9 Å². The summed E-state index contributed by atoms with van der Waals surface area (Å²) in [6.45, 7) is 1.94. The van der Waals surface area contributed by atoms with E-state index in [0.29, 0.717) is 5.69 Å². The van der Waals surface area contributed by atoms with Crippen LogP contribution < -0.4 is 5.73 Å². The van der Waals surface area contributed by atoms with Gasteiger partial charge in [0.15, 0.2) is 0 Å². The summed E-state index contributed by atoms with van der Waals surface area (Å²) >= 11 is 1.48. The van der Waals surface area contributed by atoms with Gasteiger partial charge in [-0.2, -0.15) is 0 Å². The highest BCUT2D eigenvalue weighted by molar-refractivity contribution is 7.19. The van der Waals surface area contributed by atoms with Gasteiger partial charge in [-0.05, 0) is 25.1 Å². The van der Waals surface area contributed by atoms with Gasteiger partial charge in [0.1, 0.15) is 0 Å².